The summed E-state index contributed by atoms with van der Waals surface area (Å²) in [6.45, 7) is 3.84. The lowest BCUT2D eigenvalue weighted by atomic mass is 10.1. The third-order valence-corrected chi connectivity index (χ3v) is 3.79. The number of benzene rings is 2. The molecule has 6 heteroatoms. The van der Waals surface area contributed by atoms with E-state index < -0.39 is 10.0 Å². The quantitative estimate of drug-likeness (QED) is 0.849. The molecule has 0 unspecified atom stereocenters. The van der Waals surface area contributed by atoms with E-state index in [0.717, 1.165) is 11.1 Å². The second kappa shape index (κ2) is 5.15. The second-order valence-corrected chi connectivity index (χ2v) is 6.18. The topological polar surface area (TPSA) is 95.4 Å². The van der Waals surface area contributed by atoms with Crippen LogP contribution in [0.4, 0.5) is 5.69 Å². The maximum atomic E-state index is 11.4. The van der Waals surface area contributed by atoms with Gasteiger partial charge in [0.25, 0.3) is 0 Å². The van der Waals surface area contributed by atoms with Crippen molar-refractivity contribution in [2.45, 2.75) is 18.7 Å². The van der Waals surface area contributed by atoms with Crippen LogP contribution in [-0.2, 0) is 10.0 Å². The summed E-state index contributed by atoms with van der Waals surface area (Å²) in [5.41, 5.74) is 8.11. The molecule has 2 aromatic rings. The van der Waals surface area contributed by atoms with Gasteiger partial charge < -0.3 is 10.5 Å². The van der Waals surface area contributed by atoms with Crippen molar-refractivity contribution < 1.29 is 13.2 Å². The largest absolute Gasteiger partial charge is 0.455 e. The van der Waals surface area contributed by atoms with Crippen LogP contribution in [-0.4, -0.2) is 8.42 Å². The average molecular weight is 292 g/mol. The Bertz CT molecular complexity index is 755. The van der Waals surface area contributed by atoms with Crippen LogP contribution >= 0.6 is 0 Å². The highest BCUT2D eigenvalue weighted by atomic mass is 32.2. The van der Waals surface area contributed by atoms with E-state index in [2.05, 4.69) is 0 Å². The standard InChI is InChI=1S/C14H16N2O3S/c1-9-3-4-10(2)13(7-9)19-14-8-11(20(16,17)18)5-6-12(14)15/h3-8H,15H2,1-2H3,(H2,16,17,18). The molecule has 0 saturated carbocycles. The van der Waals surface area contributed by atoms with E-state index in [1.807, 2.05) is 32.0 Å². The van der Waals surface area contributed by atoms with Crippen LogP contribution in [0.15, 0.2) is 41.3 Å². The monoisotopic (exact) mass is 292 g/mol. The summed E-state index contributed by atoms with van der Waals surface area (Å²) in [4.78, 5) is -0.0352. The minimum absolute atomic E-state index is 0.0352. The van der Waals surface area contributed by atoms with Gasteiger partial charge in [-0.3, -0.25) is 0 Å². The fourth-order valence-corrected chi connectivity index (χ4v) is 2.24. The Balaban J connectivity index is 2.45. The Labute approximate surface area is 118 Å². The highest BCUT2D eigenvalue weighted by Crippen LogP contribution is 2.31. The van der Waals surface area contributed by atoms with Crippen LogP contribution in [0.25, 0.3) is 0 Å². The van der Waals surface area contributed by atoms with Crippen molar-refractivity contribution in [3.63, 3.8) is 0 Å². The van der Waals surface area contributed by atoms with Gasteiger partial charge in [-0.05, 0) is 43.2 Å². The molecule has 2 rings (SSSR count). The molecule has 0 aliphatic heterocycles. The number of rotatable bonds is 3. The summed E-state index contributed by atoms with van der Waals surface area (Å²) < 4.78 is 28.4. The third-order valence-electron chi connectivity index (χ3n) is 2.88. The van der Waals surface area contributed by atoms with Crippen molar-refractivity contribution in [1.29, 1.82) is 0 Å². The Morgan fingerprint density at radius 3 is 2.35 bits per heavy atom. The van der Waals surface area contributed by atoms with E-state index in [1.54, 1.807) is 0 Å². The second-order valence-electron chi connectivity index (χ2n) is 4.62. The zero-order valence-electron chi connectivity index (χ0n) is 11.3. The average Bonchev–Trinajstić information content (AvgIpc) is 2.35. The van der Waals surface area contributed by atoms with Gasteiger partial charge in [0.05, 0.1) is 10.6 Å². The number of primary sulfonamides is 1. The molecule has 0 aromatic heterocycles. The maximum Gasteiger partial charge on any atom is 0.238 e. The van der Waals surface area contributed by atoms with Gasteiger partial charge in [-0.2, -0.15) is 0 Å². The Morgan fingerprint density at radius 1 is 1.00 bits per heavy atom. The van der Waals surface area contributed by atoms with Crippen molar-refractivity contribution in [3.8, 4) is 11.5 Å². The van der Waals surface area contributed by atoms with E-state index >= 15 is 0 Å². The summed E-state index contributed by atoms with van der Waals surface area (Å²) in [5.74, 6) is 0.897. The predicted molar refractivity (Wildman–Crippen MR) is 78.2 cm³/mol. The molecule has 20 heavy (non-hydrogen) atoms. The Kier molecular flexibility index (Phi) is 3.69. The minimum atomic E-state index is -3.79. The van der Waals surface area contributed by atoms with Crippen molar-refractivity contribution in [3.05, 3.63) is 47.5 Å². The molecule has 0 aliphatic carbocycles. The smallest absolute Gasteiger partial charge is 0.238 e. The lowest BCUT2D eigenvalue weighted by Crippen LogP contribution is -2.12. The van der Waals surface area contributed by atoms with Crippen LogP contribution < -0.4 is 15.6 Å². The third kappa shape index (κ3) is 3.09. The van der Waals surface area contributed by atoms with E-state index in [0.29, 0.717) is 11.4 Å². The van der Waals surface area contributed by atoms with Gasteiger partial charge in [0.15, 0.2) is 5.75 Å². The molecule has 0 amide bonds. The van der Waals surface area contributed by atoms with Crippen molar-refractivity contribution in [2.75, 3.05) is 5.73 Å². The number of ether oxygens (including phenoxy) is 1. The molecule has 0 saturated heterocycles. The first-order valence-corrected chi connectivity index (χ1v) is 7.49. The molecule has 0 heterocycles. The van der Waals surface area contributed by atoms with Gasteiger partial charge in [0.1, 0.15) is 5.75 Å². The molecule has 0 radical (unpaired) electrons. The highest BCUT2D eigenvalue weighted by Gasteiger charge is 2.12. The summed E-state index contributed by atoms with van der Waals surface area (Å²) in [7, 11) is -3.79. The van der Waals surface area contributed by atoms with Crippen LogP contribution in [0.5, 0.6) is 11.5 Å². The number of hydrogen-bond donors (Lipinski definition) is 2. The first-order chi connectivity index (χ1) is 9.27. The minimum Gasteiger partial charge on any atom is -0.455 e. The van der Waals surface area contributed by atoms with Gasteiger partial charge in [-0.1, -0.05) is 12.1 Å². The number of aryl methyl sites for hydroxylation is 2. The molecule has 4 N–H and O–H groups in total. The van der Waals surface area contributed by atoms with Crippen LogP contribution in [0.3, 0.4) is 0 Å². The van der Waals surface area contributed by atoms with Crippen LogP contribution in [0.1, 0.15) is 11.1 Å². The zero-order chi connectivity index (χ0) is 14.9. The van der Waals surface area contributed by atoms with Gasteiger partial charge in [-0.25, -0.2) is 13.6 Å². The van der Waals surface area contributed by atoms with Gasteiger partial charge >= 0.3 is 0 Å². The number of sulfonamides is 1. The molecule has 2 aromatic carbocycles. The SMILES string of the molecule is Cc1ccc(C)c(Oc2cc(S(N)(=O)=O)ccc2N)c1. The Hall–Kier alpha value is -2.05. The summed E-state index contributed by atoms with van der Waals surface area (Å²) in [5, 5.41) is 5.10. The van der Waals surface area contributed by atoms with Crippen molar-refractivity contribution in [1.82, 2.24) is 0 Å². The molecule has 5 nitrogen and oxygen atoms in total. The van der Waals surface area contributed by atoms with Crippen molar-refractivity contribution in [2.24, 2.45) is 5.14 Å². The molecule has 0 bridgehead atoms. The summed E-state index contributed by atoms with van der Waals surface area (Å²) in [6.07, 6.45) is 0. The molecule has 0 fully saturated rings. The van der Waals surface area contributed by atoms with E-state index in [1.165, 1.54) is 18.2 Å². The summed E-state index contributed by atoms with van der Waals surface area (Å²) >= 11 is 0. The number of nitrogens with two attached hydrogens (primary N) is 2. The summed E-state index contributed by atoms with van der Waals surface area (Å²) in [6, 6.07) is 9.88. The number of hydrogen-bond acceptors (Lipinski definition) is 4. The molecule has 0 spiro atoms. The molecule has 106 valence electrons. The first kappa shape index (κ1) is 14.4. The van der Waals surface area contributed by atoms with Crippen LogP contribution in [0.2, 0.25) is 0 Å². The van der Waals surface area contributed by atoms with E-state index in [4.69, 9.17) is 15.6 Å². The zero-order valence-corrected chi connectivity index (χ0v) is 12.1. The Morgan fingerprint density at radius 2 is 1.70 bits per heavy atom. The molecule has 0 atom stereocenters. The molecule has 0 aliphatic rings. The van der Waals surface area contributed by atoms with E-state index in [9.17, 15) is 8.42 Å². The lowest BCUT2D eigenvalue weighted by Gasteiger charge is -2.12. The number of anilines is 1. The van der Waals surface area contributed by atoms with Crippen molar-refractivity contribution >= 4 is 15.7 Å². The fourth-order valence-electron chi connectivity index (χ4n) is 1.72. The number of nitrogen functional groups attached to an aromatic ring is 1. The van der Waals surface area contributed by atoms with Gasteiger partial charge in [0, 0.05) is 6.07 Å². The molecular formula is C14H16N2O3S. The van der Waals surface area contributed by atoms with E-state index in [-0.39, 0.29) is 10.6 Å². The highest BCUT2D eigenvalue weighted by molar-refractivity contribution is 7.89. The lowest BCUT2D eigenvalue weighted by molar-refractivity contribution is 0.479. The van der Waals surface area contributed by atoms with Gasteiger partial charge in [0.2, 0.25) is 10.0 Å². The van der Waals surface area contributed by atoms with Crippen LogP contribution in [0, 0.1) is 13.8 Å². The normalized spacial score (nSPS) is 11.3. The fraction of sp³-hybridized carbons (Fsp3) is 0.143. The predicted octanol–water partition coefficient (Wildman–Crippen LogP) is 2.33. The maximum absolute atomic E-state index is 11.4. The first-order valence-electron chi connectivity index (χ1n) is 5.95. The molecular weight excluding hydrogens is 276 g/mol. The van der Waals surface area contributed by atoms with Gasteiger partial charge in [-0.15, -0.1) is 0 Å².